The lowest BCUT2D eigenvalue weighted by Crippen LogP contribution is -2.31. The number of esters is 2. The first kappa shape index (κ1) is 23.7. The summed E-state index contributed by atoms with van der Waals surface area (Å²) in [4.78, 5) is 26.9. The Morgan fingerprint density at radius 1 is 1.00 bits per heavy atom. The lowest BCUT2D eigenvalue weighted by Gasteiger charge is -2.30. The highest BCUT2D eigenvalue weighted by molar-refractivity contribution is 7.89. The Labute approximate surface area is 188 Å². The third kappa shape index (κ3) is 5.28. The summed E-state index contributed by atoms with van der Waals surface area (Å²) in [7, 11) is 0.477. The van der Waals surface area contributed by atoms with Crippen molar-refractivity contribution in [1.29, 1.82) is 0 Å². The number of ether oxygens (including phenoxy) is 2. The van der Waals surface area contributed by atoms with E-state index in [0.29, 0.717) is 16.8 Å². The summed E-state index contributed by atoms with van der Waals surface area (Å²) in [5.74, 6) is -1.10. The fourth-order valence-corrected chi connectivity index (χ4v) is 4.52. The third-order valence-corrected chi connectivity index (χ3v) is 7.19. The predicted octanol–water partition coefficient (Wildman–Crippen LogP) is 3.07. The van der Waals surface area contributed by atoms with Crippen LogP contribution in [0.1, 0.15) is 45.5 Å². The summed E-state index contributed by atoms with van der Waals surface area (Å²) in [6.45, 7) is 1.52. The first-order chi connectivity index (χ1) is 15.2. The molecule has 9 heteroatoms. The normalized spacial score (nSPS) is 14.3. The standard InChI is InChI=1S/C23H28N2O6S/c1-24(2)32(28,29)19-10-11-21(25-12-5-4-6-13-25)20(15-19)23(27)31-16-17-8-7-9-18(14-17)22(26)30-3/h7-11,14-15H,4-6,12-13,16H2,1-3H3. The van der Waals surface area contributed by atoms with E-state index in [1.807, 2.05) is 0 Å². The van der Waals surface area contributed by atoms with Gasteiger partial charge in [-0.25, -0.2) is 22.3 Å². The van der Waals surface area contributed by atoms with Crippen molar-refractivity contribution >= 4 is 27.6 Å². The Hall–Kier alpha value is -2.91. The molecule has 0 aromatic heterocycles. The second-order valence-corrected chi connectivity index (χ2v) is 9.93. The van der Waals surface area contributed by atoms with Gasteiger partial charge in [-0.2, -0.15) is 0 Å². The van der Waals surface area contributed by atoms with Crippen LogP contribution in [-0.2, 0) is 26.1 Å². The number of benzene rings is 2. The van der Waals surface area contributed by atoms with Gasteiger partial charge in [0.1, 0.15) is 6.61 Å². The number of anilines is 1. The number of sulfonamides is 1. The Balaban J connectivity index is 1.89. The molecule has 32 heavy (non-hydrogen) atoms. The molecule has 0 saturated carbocycles. The van der Waals surface area contributed by atoms with Crippen LogP contribution < -0.4 is 4.90 Å². The molecule has 0 unspecified atom stereocenters. The number of piperidine rings is 1. The summed E-state index contributed by atoms with van der Waals surface area (Å²) in [5.41, 5.74) is 1.85. The maximum absolute atomic E-state index is 13.1. The Kier molecular flexibility index (Phi) is 7.52. The molecule has 0 bridgehead atoms. The molecule has 0 aliphatic carbocycles. The summed E-state index contributed by atoms with van der Waals surface area (Å²) in [6, 6.07) is 11.2. The van der Waals surface area contributed by atoms with Gasteiger partial charge in [0.25, 0.3) is 0 Å². The van der Waals surface area contributed by atoms with Crippen molar-refractivity contribution in [1.82, 2.24) is 4.31 Å². The maximum Gasteiger partial charge on any atom is 0.340 e. The van der Waals surface area contributed by atoms with E-state index < -0.39 is 22.0 Å². The van der Waals surface area contributed by atoms with E-state index in [1.54, 1.807) is 30.3 Å². The molecule has 1 heterocycles. The highest BCUT2D eigenvalue weighted by Crippen LogP contribution is 2.28. The quantitative estimate of drug-likeness (QED) is 0.586. The number of methoxy groups -OCH3 is 1. The van der Waals surface area contributed by atoms with Crippen molar-refractivity contribution in [2.45, 2.75) is 30.8 Å². The molecule has 0 N–H and O–H groups in total. The lowest BCUT2D eigenvalue weighted by molar-refractivity contribution is 0.0473. The van der Waals surface area contributed by atoms with Crippen LogP contribution in [0, 0.1) is 0 Å². The van der Waals surface area contributed by atoms with Crippen LogP contribution in [0.2, 0.25) is 0 Å². The average molecular weight is 461 g/mol. The van der Waals surface area contributed by atoms with Gasteiger partial charge in [-0.05, 0) is 55.2 Å². The molecule has 1 aliphatic heterocycles. The third-order valence-electron chi connectivity index (χ3n) is 5.38. The minimum absolute atomic E-state index is 0.0305. The topological polar surface area (TPSA) is 93.2 Å². The maximum atomic E-state index is 13.1. The van der Waals surface area contributed by atoms with Crippen LogP contribution in [0.15, 0.2) is 47.4 Å². The number of carbonyl (C=O) groups is 2. The lowest BCUT2D eigenvalue weighted by atomic mass is 10.1. The molecular formula is C23H28N2O6S. The number of carbonyl (C=O) groups excluding carboxylic acids is 2. The van der Waals surface area contributed by atoms with Crippen LogP contribution in [-0.4, -0.2) is 59.0 Å². The molecule has 3 rings (SSSR count). The van der Waals surface area contributed by atoms with Crippen molar-refractivity contribution in [2.75, 3.05) is 39.2 Å². The second-order valence-electron chi connectivity index (χ2n) is 7.78. The van der Waals surface area contributed by atoms with Gasteiger partial charge in [-0.3, -0.25) is 0 Å². The molecular weight excluding hydrogens is 432 g/mol. The molecule has 2 aromatic rings. The molecule has 8 nitrogen and oxygen atoms in total. The zero-order chi connectivity index (χ0) is 23.3. The van der Waals surface area contributed by atoms with E-state index in [9.17, 15) is 18.0 Å². The monoisotopic (exact) mass is 460 g/mol. The van der Waals surface area contributed by atoms with Crippen molar-refractivity contribution in [3.63, 3.8) is 0 Å². The molecule has 0 radical (unpaired) electrons. The summed E-state index contributed by atoms with van der Waals surface area (Å²) in [6.07, 6.45) is 3.14. The summed E-state index contributed by atoms with van der Waals surface area (Å²) >= 11 is 0. The fourth-order valence-electron chi connectivity index (χ4n) is 3.59. The molecule has 172 valence electrons. The SMILES string of the molecule is COC(=O)c1cccc(COC(=O)c2cc(S(=O)(=O)N(C)C)ccc2N2CCCCC2)c1. The van der Waals surface area contributed by atoms with Gasteiger partial charge >= 0.3 is 11.9 Å². The number of hydrogen-bond acceptors (Lipinski definition) is 7. The number of nitrogens with zero attached hydrogens (tertiary/aromatic N) is 2. The second kappa shape index (κ2) is 10.1. The van der Waals surface area contributed by atoms with E-state index in [-0.39, 0.29) is 17.1 Å². The largest absolute Gasteiger partial charge is 0.465 e. The molecule has 1 aliphatic rings. The van der Waals surface area contributed by atoms with Crippen LogP contribution >= 0.6 is 0 Å². The van der Waals surface area contributed by atoms with Gasteiger partial charge in [-0.15, -0.1) is 0 Å². The molecule has 0 amide bonds. The van der Waals surface area contributed by atoms with Crippen molar-refractivity contribution < 1.29 is 27.5 Å². The molecule has 1 fully saturated rings. The average Bonchev–Trinajstić information content (AvgIpc) is 2.82. The smallest absolute Gasteiger partial charge is 0.340 e. The molecule has 1 saturated heterocycles. The first-order valence-corrected chi connectivity index (χ1v) is 11.8. The number of hydrogen-bond donors (Lipinski definition) is 0. The van der Waals surface area contributed by atoms with Crippen molar-refractivity contribution in [3.8, 4) is 0 Å². The minimum atomic E-state index is -3.71. The van der Waals surface area contributed by atoms with Gasteiger partial charge in [0.2, 0.25) is 10.0 Å². The zero-order valence-corrected chi connectivity index (χ0v) is 19.4. The highest BCUT2D eigenvalue weighted by Gasteiger charge is 2.25. The van der Waals surface area contributed by atoms with E-state index in [0.717, 1.165) is 36.7 Å². The fraction of sp³-hybridized carbons (Fsp3) is 0.391. The van der Waals surface area contributed by atoms with Crippen LogP contribution in [0.5, 0.6) is 0 Å². The predicted molar refractivity (Wildman–Crippen MR) is 120 cm³/mol. The van der Waals surface area contributed by atoms with E-state index in [1.165, 1.54) is 33.3 Å². The zero-order valence-electron chi connectivity index (χ0n) is 18.5. The van der Waals surface area contributed by atoms with Gasteiger partial charge < -0.3 is 14.4 Å². The molecule has 2 aromatic carbocycles. The van der Waals surface area contributed by atoms with Crippen LogP contribution in [0.4, 0.5) is 5.69 Å². The van der Waals surface area contributed by atoms with Crippen molar-refractivity contribution in [3.05, 3.63) is 59.2 Å². The van der Waals surface area contributed by atoms with E-state index in [2.05, 4.69) is 4.90 Å². The highest BCUT2D eigenvalue weighted by atomic mass is 32.2. The molecule has 0 atom stereocenters. The van der Waals surface area contributed by atoms with Gasteiger partial charge in [-0.1, -0.05) is 12.1 Å². The molecule has 0 spiro atoms. The minimum Gasteiger partial charge on any atom is -0.465 e. The van der Waals surface area contributed by atoms with Gasteiger partial charge in [0.15, 0.2) is 0 Å². The summed E-state index contributed by atoms with van der Waals surface area (Å²) in [5, 5.41) is 0. The summed E-state index contributed by atoms with van der Waals surface area (Å²) < 4.78 is 36.6. The van der Waals surface area contributed by atoms with Gasteiger partial charge in [0.05, 0.1) is 28.8 Å². The Morgan fingerprint density at radius 3 is 2.38 bits per heavy atom. The van der Waals surface area contributed by atoms with Crippen molar-refractivity contribution in [2.24, 2.45) is 0 Å². The van der Waals surface area contributed by atoms with Gasteiger partial charge in [0, 0.05) is 27.2 Å². The Morgan fingerprint density at radius 2 is 1.72 bits per heavy atom. The Bertz CT molecular complexity index is 1090. The first-order valence-electron chi connectivity index (χ1n) is 10.4. The van der Waals surface area contributed by atoms with E-state index in [4.69, 9.17) is 9.47 Å². The van der Waals surface area contributed by atoms with Crippen LogP contribution in [0.3, 0.4) is 0 Å². The number of rotatable bonds is 7. The van der Waals surface area contributed by atoms with Crippen LogP contribution in [0.25, 0.3) is 0 Å². The van der Waals surface area contributed by atoms with E-state index >= 15 is 0 Å².